The first-order chi connectivity index (χ1) is 15.2. The largest absolute Gasteiger partial charge is 0.481 e. The second kappa shape index (κ2) is 8.12. The normalized spacial score (nSPS) is 15.2. The van der Waals surface area contributed by atoms with Crippen LogP contribution in [0.25, 0.3) is 5.57 Å². The Morgan fingerprint density at radius 1 is 1.16 bits per heavy atom. The van der Waals surface area contributed by atoms with Crippen LogP contribution in [0.4, 0.5) is 15.9 Å². The van der Waals surface area contributed by atoms with Crippen molar-refractivity contribution in [1.29, 1.82) is 0 Å². The van der Waals surface area contributed by atoms with Crippen LogP contribution >= 0.6 is 0 Å². The Morgan fingerprint density at radius 2 is 1.88 bits per heavy atom. The molecular weight excluding hydrogens is 435 g/mol. The molecule has 0 spiro atoms. The van der Waals surface area contributed by atoms with Crippen LogP contribution in [-0.4, -0.2) is 42.6 Å². The summed E-state index contributed by atoms with van der Waals surface area (Å²) in [4.78, 5) is 24.8. The summed E-state index contributed by atoms with van der Waals surface area (Å²) >= 11 is 0. The fourth-order valence-corrected chi connectivity index (χ4v) is 5.17. The highest BCUT2D eigenvalue weighted by atomic mass is 32.2. The van der Waals surface area contributed by atoms with E-state index < -0.39 is 39.0 Å². The van der Waals surface area contributed by atoms with Crippen molar-refractivity contribution >= 4 is 32.9 Å². The molecule has 164 valence electrons. The third kappa shape index (κ3) is 3.73. The van der Waals surface area contributed by atoms with Crippen molar-refractivity contribution in [2.75, 3.05) is 11.9 Å². The molecule has 0 saturated carbocycles. The highest BCUT2D eigenvalue weighted by Crippen LogP contribution is 2.26. The molecule has 1 N–H and O–H groups in total. The zero-order valence-corrected chi connectivity index (χ0v) is 18.0. The van der Waals surface area contributed by atoms with Crippen molar-refractivity contribution in [1.82, 2.24) is 9.97 Å². The van der Waals surface area contributed by atoms with Crippen LogP contribution in [0.15, 0.2) is 69.8 Å². The number of nitrogens with zero attached hydrogens (tertiary/aromatic N) is 4. The first kappa shape index (κ1) is 21.6. The molecule has 0 aliphatic carbocycles. The van der Waals surface area contributed by atoms with Gasteiger partial charge in [0.25, 0.3) is 0 Å². The zero-order valence-electron chi connectivity index (χ0n) is 17.2. The van der Waals surface area contributed by atoms with Crippen molar-refractivity contribution in [2.45, 2.75) is 29.2 Å². The number of hydrogen-bond acceptors (Lipinski definition) is 7. The van der Waals surface area contributed by atoms with E-state index in [9.17, 15) is 22.7 Å². The standard InChI is InChI=1S/C22H19FN4O4S/c1-13-16(11-20(28)29)21-18(26-13)5-4-17(23)22(21)32(30,31)15-3-6-19(25-12-15)27(2)14-7-9-24-10-8-14/h3-10,12-13H,11H2,1-2H3,(H,28,29). The van der Waals surface area contributed by atoms with E-state index in [-0.39, 0.29) is 21.0 Å². The quantitative estimate of drug-likeness (QED) is 0.605. The average Bonchev–Trinajstić information content (AvgIpc) is 3.08. The van der Waals surface area contributed by atoms with Gasteiger partial charge in [0.05, 0.1) is 22.7 Å². The summed E-state index contributed by atoms with van der Waals surface area (Å²) in [6, 6.07) is 8.25. The van der Waals surface area contributed by atoms with Crippen molar-refractivity contribution < 1.29 is 22.7 Å². The van der Waals surface area contributed by atoms with E-state index in [2.05, 4.69) is 15.0 Å². The van der Waals surface area contributed by atoms with Gasteiger partial charge in [-0.15, -0.1) is 0 Å². The number of carbonyl (C=O) groups is 1. The summed E-state index contributed by atoms with van der Waals surface area (Å²) in [5, 5.41) is 9.54. The summed E-state index contributed by atoms with van der Waals surface area (Å²) in [6.07, 6.45) is 3.98. The molecule has 0 bridgehead atoms. The van der Waals surface area contributed by atoms with Crippen molar-refractivity contribution in [3.8, 4) is 0 Å². The number of fused-ring (bicyclic) bond motifs is 1. The number of hydrogen-bond donors (Lipinski definition) is 1. The van der Waals surface area contributed by atoms with Gasteiger partial charge in [-0.2, -0.15) is 0 Å². The zero-order chi connectivity index (χ0) is 23.0. The van der Waals surface area contributed by atoms with E-state index in [0.717, 1.165) is 18.0 Å². The summed E-state index contributed by atoms with van der Waals surface area (Å²) in [5.74, 6) is -1.63. The van der Waals surface area contributed by atoms with Crippen molar-refractivity contribution in [3.63, 3.8) is 0 Å². The van der Waals surface area contributed by atoms with E-state index >= 15 is 0 Å². The van der Waals surface area contributed by atoms with E-state index in [4.69, 9.17) is 0 Å². The average molecular weight is 454 g/mol. The lowest BCUT2D eigenvalue weighted by Crippen LogP contribution is -2.32. The number of sulfone groups is 1. The van der Waals surface area contributed by atoms with E-state index in [1.807, 2.05) is 0 Å². The number of aliphatic carboxylic acids is 1. The second-order valence-corrected chi connectivity index (χ2v) is 9.18. The van der Waals surface area contributed by atoms with Gasteiger partial charge in [0, 0.05) is 36.5 Å². The minimum atomic E-state index is -4.33. The molecule has 8 nitrogen and oxygen atoms in total. The van der Waals surface area contributed by atoms with Gasteiger partial charge in [-0.3, -0.25) is 14.8 Å². The topological polar surface area (TPSA) is 113 Å². The minimum absolute atomic E-state index is 0.0258. The fourth-order valence-electron chi connectivity index (χ4n) is 3.67. The first-order valence-electron chi connectivity index (χ1n) is 9.66. The Morgan fingerprint density at radius 3 is 2.50 bits per heavy atom. The molecule has 3 aromatic rings. The molecule has 4 rings (SSSR count). The lowest BCUT2D eigenvalue weighted by atomic mass is 10.0. The molecule has 3 heterocycles. The van der Waals surface area contributed by atoms with Crippen LogP contribution < -0.4 is 15.5 Å². The number of carboxylic acids is 1. The van der Waals surface area contributed by atoms with Crippen LogP contribution in [0.2, 0.25) is 0 Å². The number of anilines is 2. The lowest BCUT2D eigenvalue weighted by Gasteiger charge is -2.18. The summed E-state index contributed by atoms with van der Waals surface area (Å²) < 4.78 is 41.7. The van der Waals surface area contributed by atoms with Crippen molar-refractivity contribution in [3.05, 3.63) is 71.4 Å². The van der Waals surface area contributed by atoms with Crippen LogP contribution in [0.1, 0.15) is 13.3 Å². The number of pyridine rings is 2. The number of halogens is 1. The van der Waals surface area contributed by atoms with E-state index in [1.54, 1.807) is 43.4 Å². The van der Waals surface area contributed by atoms with Crippen LogP contribution in [0.3, 0.4) is 0 Å². The molecule has 1 aromatic carbocycles. The highest BCUT2D eigenvalue weighted by Gasteiger charge is 2.29. The molecule has 0 amide bonds. The summed E-state index contributed by atoms with van der Waals surface area (Å²) in [7, 11) is -2.56. The van der Waals surface area contributed by atoms with Gasteiger partial charge in [0.15, 0.2) is 0 Å². The van der Waals surface area contributed by atoms with Crippen LogP contribution in [0, 0.1) is 5.82 Å². The SMILES string of the molecule is CC1N=c2ccc(F)c(S(=O)(=O)c3ccc(N(C)c4ccncc4)nc3)c2=C1CC(=O)O. The van der Waals surface area contributed by atoms with Gasteiger partial charge in [0.2, 0.25) is 9.84 Å². The van der Waals surface area contributed by atoms with E-state index in [1.165, 1.54) is 18.2 Å². The highest BCUT2D eigenvalue weighted by molar-refractivity contribution is 7.91. The van der Waals surface area contributed by atoms with Gasteiger partial charge in [-0.05, 0) is 48.9 Å². The van der Waals surface area contributed by atoms with Gasteiger partial charge in [0.1, 0.15) is 16.5 Å². The Hall–Kier alpha value is -3.66. The van der Waals surface area contributed by atoms with Crippen molar-refractivity contribution in [2.24, 2.45) is 4.99 Å². The third-order valence-corrected chi connectivity index (χ3v) is 7.08. The maximum absolute atomic E-state index is 14.9. The Balaban J connectivity index is 1.83. The second-order valence-electron chi connectivity index (χ2n) is 7.29. The van der Waals surface area contributed by atoms with Crippen LogP contribution in [-0.2, 0) is 14.6 Å². The molecule has 2 aromatic heterocycles. The third-order valence-electron chi connectivity index (χ3n) is 5.28. The smallest absolute Gasteiger partial charge is 0.307 e. The van der Waals surface area contributed by atoms with Crippen LogP contribution in [0.5, 0.6) is 0 Å². The molecule has 1 unspecified atom stereocenters. The van der Waals surface area contributed by atoms with Gasteiger partial charge in [-0.1, -0.05) is 0 Å². The molecule has 1 atom stereocenters. The minimum Gasteiger partial charge on any atom is -0.481 e. The Kier molecular flexibility index (Phi) is 5.47. The summed E-state index contributed by atoms with van der Waals surface area (Å²) in [5.41, 5.74) is 1.06. The maximum Gasteiger partial charge on any atom is 0.307 e. The molecular formula is C22H19FN4O4S. The molecule has 0 saturated heterocycles. The predicted molar refractivity (Wildman–Crippen MR) is 114 cm³/mol. The molecule has 0 fully saturated rings. The monoisotopic (exact) mass is 454 g/mol. The molecule has 1 aliphatic heterocycles. The number of benzene rings is 1. The Bertz CT molecular complexity index is 1430. The number of carboxylic acid groups (broad SMARTS) is 1. The maximum atomic E-state index is 14.9. The predicted octanol–water partition coefficient (Wildman–Crippen LogP) is 1.86. The number of rotatable bonds is 6. The fraction of sp³-hybridized carbons (Fsp3) is 0.182. The molecule has 32 heavy (non-hydrogen) atoms. The molecule has 1 aliphatic rings. The first-order valence-corrected chi connectivity index (χ1v) is 11.1. The number of aromatic nitrogens is 2. The van der Waals surface area contributed by atoms with Gasteiger partial charge >= 0.3 is 5.97 Å². The molecule has 10 heteroatoms. The van der Waals surface area contributed by atoms with Gasteiger partial charge in [-0.25, -0.2) is 17.8 Å². The van der Waals surface area contributed by atoms with Gasteiger partial charge < -0.3 is 10.0 Å². The Labute approximate surface area is 183 Å². The molecule has 0 radical (unpaired) electrons. The summed E-state index contributed by atoms with van der Waals surface area (Å²) in [6.45, 7) is 1.65. The van der Waals surface area contributed by atoms with E-state index in [0.29, 0.717) is 5.82 Å². The lowest BCUT2D eigenvalue weighted by molar-refractivity contribution is -0.135.